The molecular weight excluding hydrogens is 156 g/mol. The van der Waals surface area contributed by atoms with Gasteiger partial charge in [-0.2, -0.15) is 0 Å². The molecule has 0 radical (unpaired) electrons. The molecule has 0 spiro atoms. The zero-order chi connectivity index (χ0) is 10.3. The number of hydrogen-bond acceptors (Lipinski definition) is 0. The molecule has 0 saturated carbocycles. The molecule has 0 atom stereocenters. The third-order valence-corrected chi connectivity index (χ3v) is 1.87. The maximum absolute atomic E-state index is 3.69. The van der Waals surface area contributed by atoms with Gasteiger partial charge in [-0.15, -0.1) is 0 Å². The molecule has 0 N–H and O–H groups in total. The number of allylic oxidation sites excluding steroid dienone is 7. The summed E-state index contributed by atoms with van der Waals surface area (Å²) in [7, 11) is 0. The Morgan fingerprint density at radius 1 is 1.08 bits per heavy atom. The van der Waals surface area contributed by atoms with Gasteiger partial charge in [-0.3, -0.25) is 0 Å². The van der Waals surface area contributed by atoms with E-state index in [1.807, 2.05) is 12.2 Å². The summed E-state index contributed by atoms with van der Waals surface area (Å²) in [4.78, 5) is 0. The van der Waals surface area contributed by atoms with Crippen LogP contribution in [0.5, 0.6) is 0 Å². The highest BCUT2D eigenvalue weighted by atomic mass is 14.0. The van der Waals surface area contributed by atoms with E-state index >= 15 is 0 Å². The lowest BCUT2D eigenvalue weighted by Gasteiger charge is -2.02. The van der Waals surface area contributed by atoms with Crippen LogP contribution in [-0.2, 0) is 0 Å². The molecule has 0 aliphatic heterocycles. The molecule has 0 aliphatic rings. The zero-order valence-corrected chi connectivity index (χ0v) is 9.22. The van der Waals surface area contributed by atoms with Gasteiger partial charge in [0.05, 0.1) is 0 Å². The lowest BCUT2D eigenvalue weighted by Crippen LogP contribution is -1.82. The molecule has 72 valence electrons. The van der Waals surface area contributed by atoms with E-state index in [4.69, 9.17) is 0 Å². The van der Waals surface area contributed by atoms with Gasteiger partial charge in [0.25, 0.3) is 0 Å². The zero-order valence-electron chi connectivity index (χ0n) is 9.22. The highest BCUT2D eigenvalue weighted by molar-refractivity contribution is 5.34. The van der Waals surface area contributed by atoms with Crippen LogP contribution < -0.4 is 0 Å². The monoisotopic (exact) mass is 176 g/mol. The maximum Gasteiger partial charge on any atom is -0.0305 e. The average molecular weight is 176 g/mol. The third-order valence-electron chi connectivity index (χ3n) is 1.87. The average Bonchev–Trinajstić information content (AvgIpc) is 2.05. The van der Waals surface area contributed by atoms with Crippen LogP contribution in [0.25, 0.3) is 0 Å². The maximum atomic E-state index is 3.69. The summed E-state index contributed by atoms with van der Waals surface area (Å²) < 4.78 is 0. The van der Waals surface area contributed by atoms with Crippen molar-refractivity contribution in [2.24, 2.45) is 0 Å². The van der Waals surface area contributed by atoms with Crippen molar-refractivity contribution >= 4 is 0 Å². The largest absolute Gasteiger partial charge is 0.0991 e. The standard InChI is InChI=1S/C13H20/c1-6-8-12(5)13(7-2)10-9-11(3)4/h6,8-10H,1,7H2,2-5H3/b12-8+,13-10+. The summed E-state index contributed by atoms with van der Waals surface area (Å²) in [5.74, 6) is 0. The second-order valence-electron chi connectivity index (χ2n) is 3.37. The van der Waals surface area contributed by atoms with Gasteiger partial charge in [-0.1, -0.05) is 43.4 Å². The van der Waals surface area contributed by atoms with E-state index in [1.165, 1.54) is 16.7 Å². The van der Waals surface area contributed by atoms with Crippen LogP contribution in [0.2, 0.25) is 0 Å². The first kappa shape index (κ1) is 12.0. The van der Waals surface area contributed by atoms with Gasteiger partial charge in [0.2, 0.25) is 0 Å². The summed E-state index contributed by atoms with van der Waals surface area (Å²) in [6.07, 6.45) is 9.29. The van der Waals surface area contributed by atoms with Crippen LogP contribution in [0.3, 0.4) is 0 Å². The normalized spacial score (nSPS) is 12.6. The predicted octanol–water partition coefficient (Wildman–Crippen LogP) is 4.42. The van der Waals surface area contributed by atoms with Crippen LogP contribution in [0, 0.1) is 0 Å². The Labute approximate surface area is 82.4 Å². The SMILES string of the molecule is C=C/C=C(C)/C(=C/C=C(C)C)CC. The van der Waals surface area contributed by atoms with E-state index in [1.54, 1.807) is 0 Å². The molecule has 0 rings (SSSR count). The lowest BCUT2D eigenvalue weighted by atomic mass is 10.0. The van der Waals surface area contributed by atoms with Gasteiger partial charge in [-0.25, -0.2) is 0 Å². The van der Waals surface area contributed by atoms with Gasteiger partial charge < -0.3 is 0 Å². The molecule has 0 aromatic heterocycles. The number of rotatable bonds is 4. The fourth-order valence-electron chi connectivity index (χ4n) is 1.08. The molecule has 0 heteroatoms. The van der Waals surface area contributed by atoms with Crippen molar-refractivity contribution in [3.05, 3.63) is 47.6 Å². The van der Waals surface area contributed by atoms with E-state index in [-0.39, 0.29) is 0 Å². The smallest absolute Gasteiger partial charge is 0.0305 e. The molecule has 0 bridgehead atoms. The van der Waals surface area contributed by atoms with Crippen LogP contribution in [0.15, 0.2) is 47.6 Å². The van der Waals surface area contributed by atoms with E-state index in [0.29, 0.717) is 0 Å². The molecule has 13 heavy (non-hydrogen) atoms. The summed E-state index contributed by atoms with van der Waals surface area (Å²) in [5, 5.41) is 0. The fourth-order valence-corrected chi connectivity index (χ4v) is 1.08. The van der Waals surface area contributed by atoms with Gasteiger partial charge in [0.15, 0.2) is 0 Å². The molecular formula is C13H20. The van der Waals surface area contributed by atoms with Crippen LogP contribution in [-0.4, -0.2) is 0 Å². The van der Waals surface area contributed by atoms with Crippen molar-refractivity contribution in [1.29, 1.82) is 0 Å². The van der Waals surface area contributed by atoms with Crippen molar-refractivity contribution in [2.45, 2.75) is 34.1 Å². The molecule has 0 aromatic rings. The second-order valence-corrected chi connectivity index (χ2v) is 3.37. The minimum absolute atomic E-state index is 1.07. The topological polar surface area (TPSA) is 0 Å². The van der Waals surface area contributed by atoms with Crippen LogP contribution in [0.4, 0.5) is 0 Å². The molecule has 0 aliphatic carbocycles. The van der Waals surface area contributed by atoms with E-state index in [0.717, 1.165) is 6.42 Å². The molecule has 0 amide bonds. The first-order valence-electron chi connectivity index (χ1n) is 4.75. The van der Waals surface area contributed by atoms with Crippen molar-refractivity contribution in [3.8, 4) is 0 Å². The molecule has 0 heterocycles. The summed E-state index contributed by atoms with van der Waals surface area (Å²) >= 11 is 0. The van der Waals surface area contributed by atoms with Crippen molar-refractivity contribution < 1.29 is 0 Å². The van der Waals surface area contributed by atoms with E-state index < -0.39 is 0 Å². The summed E-state index contributed by atoms with van der Waals surface area (Å²) in [6, 6.07) is 0. The van der Waals surface area contributed by atoms with Crippen molar-refractivity contribution in [1.82, 2.24) is 0 Å². The van der Waals surface area contributed by atoms with Gasteiger partial charge >= 0.3 is 0 Å². The summed E-state index contributed by atoms with van der Waals surface area (Å²) in [5.41, 5.74) is 4.01. The quantitative estimate of drug-likeness (QED) is 0.556. The van der Waals surface area contributed by atoms with Crippen LogP contribution >= 0.6 is 0 Å². The molecule has 0 fully saturated rings. The number of hydrogen-bond donors (Lipinski definition) is 0. The first-order chi connectivity index (χ1) is 6.11. The fraction of sp³-hybridized carbons (Fsp3) is 0.385. The Morgan fingerprint density at radius 3 is 2.08 bits per heavy atom. The first-order valence-corrected chi connectivity index (χ1v) is 4.75. The highest BCUT2D eigenvalue weighted by Gasteiger charge is 1.93. The Balaban J connectivity index is 4.69. The predicted molar refractivity (Wildman–Crippen MR) is 61.8 cm³/mol. The Bertz CT molecular complexity index is 245. The molecule has 0 nitrogen and oxygen atoms in total. The lowest BCUT2D eigenvalue weighted by molar-refractivity contribution is 1.10. The van der Waals surface area contributed by atoms with E-state index in [9.17, 15) is 0 Å². The van der Waals surface area contributed by atoms with Gasteiger partial charge in [-0.05, 0) is 38.3 Å². The van der Waals surface area contributed by atoms with E-state index in [2.05, 4.69) is 46.4 Å². The van der Waals surface area contributed by atoms with Crippen molar-refractivity contribution in [2.75, 3.05) is 0 Å². The Hall–Kier alpha value is -1.04. The third kappa shape index (κ3) is 5.24. The summed E-state index contributed by atoms with van der Waals surface area (Å²) in [6.45, 7) is 12.2. The van der Waals surface area contributed by atoms with Gasteiger partial charge in [0.1, 0.15) is 0 Å². The minimum Gasteiger partial charge on any atom is -0.0991 e. The van der Waals surface area contributed by atoms with Gasteiger partial charge in [0, 0.05) is 0 Å². The Morgan fingerprint density at radius 2 is 1.69 bits per heavy atom. The molecule has 0 saturated heterocycles. The highest BCUT2D eigenvalue weighted by Crippen LogP contribution is 2.13. The molecule has 0 unspecified atom stereocenters. The minimum atomic E-state index is 1.07. The Kier molecular flexibility index (Phi) is 5.96. The van der Waals surface area contributed by atoms with Crippen LogP contribution in [0.1, 0.15) is 34.1 Å². The molecule has 0 aromatic carbocycles. The van der Waals surface area contributed by atoms with Crippen molar-refractivity contribution in [3.63, 3.8) is 0 Å². The second kappa shape index (κ2) is 6.47.